The Hall–Kier alpha value is -1.81. The number of fused-ring (bicyclic) bond motifs is 2. The van der Waals surface area contributed by atoms with Gasteiger partial charge in [-0.25, -0.2) is 0 Å². The molecule has 1 unspecified atom stereocenters. The monoisotopic (exact) mass is 499 g/mol. The lowest BCUT2D eigenvalue weighted by Gasteiger charge is -2.43. The highest BCUT2D eigenvalue weighted by Gasteiger charge is 2.42. The van der Waals surface area contributed by atoms with Crippen LogP contribution in [0, 0.1) is 0 Å². The van der Waals surface area contributed by atoms with E-state index in [4.69, 9.17) is 14.2 Å². The van der Waals surface area contributed by atoms with Gasteiger partial charge in [-0.05, 0) is 17.7 Å². The Morgan fingerprint density at radius 1 is 1.39 bits per heavy atom. The first-order valence-corrected chi connectivity index (χ1v) is 9.31. The number of quaternary nitrogens is 1. The molecule has 0 spiro atoms. The van der Waals surface area contributed by atoms with Gasteiger partial charge in [0.2, 0.25) is 12.5 Å². The van der Waals surface area contributed by atoms with Gasteiger partial charge in [-0.1, -0.05) is 0 Å². The van der Waals surface area contributed by atoms with Crippen molar-refractivity contribution < 1.29 is 47.5 Å². The van der Waals surface area contributed by atoms with Gasteiger partial charge in [0.15, 0.2) is 11.5 Å². The zero-order chi connectivity index (χ0) is 19.0. The number of benzene rings is 1. The van der Waals surface area contributed by atoms with Crippen LogP contribution in [0.1, 0.15) is 30.0 Å². The van der Waals surface area contributed by atoms with Crippen LogP contribution in [0.2, 0.25) is 0 Å². The number of methoxy groups -OCH3 is 1. The van der Waals surface area contributed by atoms with Crippen molar-refractivity contribution in [2.24, 2.45) is 0 Å². The molecule has 2 aliphatic rings. The van der Waals surface area contributed by atoms with Crippen molar-refractivity contribution in [3.8, 4) is 17.2 Å². The largest absolute Gasteiger partial charge is 1.00 e. The highest BCUT2D eigenvalue weighted by Crippen LogP contribution is 2.51. The quantitative estimate of drug-likeness (QED) is 0.391. The Bertz CT molecular complexity index is 852. The van der Waals surface area contributed by atoms with Gasteiger partial charge in [-0.2, -0.15) is 5.10 Å². The van der Waals surface area contributed by atoms with Crippen LogP contribution in [0.15, 0.2) is 24.5 Å². The molecule has 0 saturated carbocycles. The maximum atomic E-state index is 12.8. The predicted molar refractivity (Wildman–Crippen MR) is 99.0 cm³/mol. The van der Waals surface area contributed by atoms with Gasteiger partial charge in [0.1, 0.15) is 11.8 Å². The summed E-state index contributed by atoms with van der Waals surface area (Å²) in [6.07, 6.45) is 5.48. The molecule has 0 aliphatic carbocycles. The molecular weight excluding hydrogens is 473 g/mol. The fourth-order valence-corrected chi connectivity index (χ4v) is 4.10. The zero-order valence-corrected chi connectivity index (χ0v) is 18.6. The number of carbonyl (C=O) groups is 1. The van der Waals surface area contributed by atoms with Gasteiger partial charge in [0.05, 0.1) is 39.7 Å². The van der Waals surface area contributed by atoms with E-state index in [2.05, 4.69) is 25.3 Å². The number of halogens is 1. The molecule has 3 heterocycles. The number of hydrogen-bond acceptors (Lipinski definition) is 5. The fourth-order valence-electron chi connectivity index (χ4n) is 4.10. The van der Waals surface area contributed by atoms with Crippen LogP contribution in [0.4, 0.5) is 0 Å². The number of ketones is 1. The lowest BCUT2D eigenvalue weighted by atomic mass is 9.86. The first-order valence-electron chi connectivity index (χ1n) is 9.31. The Kier molecular flexibility index (Phi) is 6.18. The number of Topliss-reactive ketones (excluding diaryl/α,β-unsaturated/α-hetero) is 1. The summed E-state index contributed by atoms with van der Waals surface area (Å²) in [6, 6.07) is 3.96. The Balaban J connectivity index is 0.00000225. The molecule has 1 atom stereocenters. The van der Waals surface area contributed by atoms with Gasteiger partial charge < -0.3 is 42.7 Å². The van der Waals surface area contributed by atoms with Crippen LogP contribution >= 0.6 is 0 Å². The van der Waals surface area contributed by atoms with Gasteiger partial charge in [-0.15, -0.1) is 0 Å². The summed E-state index contributed by atoms with van der Waals surface area (Å²) < 4.78 is 19.5. The molecule has 0 fully saturated rings. The SMILES string of the molecule is COc1c2c(cc3c1C(CC(=O)CCn1cccn1)[N+](C)(C)CC3)OCO2.[I-]. The van der Waals surface area contributed by atoms with Gasteiger partial charge >= 0.3 is 0 Å². The number of likely N-dealkylation sites (N-methyl/N-ethyl adjacent to an activating group) is 1. The molecule has 4 rings (SSSR count). The first kappa shape index (κ1) is 20.9. The number of rotatable bonds is 6. The number of aryl methyl sites for hydroxylation is 1. The predicted octanol–water partition coefficient (Wildman–Crippen LogP) is -0.652. The van der Waals surface area contributed by atoms with Crippen LogP contribution in [-0.4, -0.2) is 54.6 Å². The minimum Gasteiger partial charge on any atom is -1.00 e. The second kappa shape index (κ2) is 8.28. The van der Waals surface area contributed by atoms with Crippen molar-refractivity contribution in [2.45, 2.75) is 31.8 Å². The minimum atomic E-state index is 0. The molecule has 28 heavy (non-hydrogen) atoms. The molecule has 2 aliphatic heterocycles. The Morgan fingerprint density at radius 3 is 2.93 bits per heavy atom. The third-order valence-corrected chi connectivity index (χ3v) is 5.68. The van der Waals surface area contributed by atoms with E-state index < -0.39 is 0 Å². The van der Waals surface area contributed by atoms with Crippen LogP contribution in [0.5, 0.6) is 17.2 Å². The van der Waals surface area contributed by atoms with E-state index in [0.29, 0.717) is 25.1 Å². The summed E-state index contributed by atoms with van der Waals surface area (Å²) in [4.78, 5) is 12.8. The van der Waals surface area contributed by atoms with E-state index in [1.165, 1.54) is 5.56 Å². The average molecular weight is 499 g/mol. The molecule has 152 valence electrons. The number of carbonyl (C=O) groups excluding carboxylic acids is 1. The summed E-state index contributed by atoms with van der Waals surface area (Å²) in [6.45, 7) is 1.78. The normalized spacial score (nSPS) is 18.9. The standard InChI is InChI=1S/C20H26N3O4.HI/c1-23(2)10-6-14-11-17-19(27-13-26-17)20(25-3)18(14)16(23)12-15(24)5-9-22-8-4-7-21-22;/h4,7-8,11,16H,5-6,9-10,12-13H2,1-3H3;1H/q+1;/p-1. The molecule has 0 amide bonds. The lowest BCUT2D eigenvalue weighted by Crippen LogP contribution is -3.00. The summed E-state index contributed by atoms with van der Waals surface area (Å²) in [5.41, 5.74) is 2.28. The maximum absolute atomic E-state index is 12.8. The van der Waals surface area contributed by atoms with Crippen molar-refractivity contribution >= 4 is 5.78 Å². The van der Waals surface area contributed by atoms with Crippen molar-refractivity contribution in [1.29, 1.82) is 0 Å². The van der Waals surface area contributed by atoms with Gasteiger partial charge in [-0.3, -0.25) is 9.48 Å². The van der Waals surface area contributed by atoms with Crippen molar-refractivity contribution in [2.75, 3.05) is 34.5 Å². The fraction of sp³-hybridized carbons (Fsp3) is 0.500. The summed E-state index contributed by atoms with van der Waals surface area (Å²) in [7, 11) is 6.01. The van der Waals surface area contributed by atoms with Crippen molar-refractivity contribution in [1.82, 2.24) is 9.78 Å². The van der Waals surface area contributed by atoms with Crippen molar-refractivity contribution in [3.05, 3.63) is 35.7 Å². The number of ether oxygens (including phenoxy) is 3. The molecule has 0 bridgehead atoms. The van der Waals surface area contributed by atoms with E-state index >= 15 is 0 Å². The Labute approximate surface area is 182 Å². The lowest BCUT2D eigenvalue weighted by molar-refractivity contribution is -0.922. The highest BCUT2D eigenvalue weighted by molar-refractivity contribution is 5.79. The van der Waals surface area contributed by atoms with E-state index in [1.54, 1.807) is 18.0 Å². The molecule has 7 nitrogen and oxygen atoms in total. The van der Waals surface area contributed by atoms with Gasteiger partial charge in [0, 0.05) is 31.8 Å². The zero-order valence-electron chi connectivity index (χ0n) is 16.5. The van der Waals surface area contributed by atoms with E-state index in [1.807, 2.05) is 12.3 Å². The van der Waals surface area contributed by atoms with Crippen LogP contribution in [-0.2, 0) is 17.8 Å². The van der Waals surface area contributed by atoms with E-state index in [0.717, 1.165) is 34.5 Å². The van der Waals surface area contributed by atoms with Crippen molar-refractivity contribution in [3.63, 3.8) is 0 Å². The second-order valence-corrected chi connectivity index (χ2v) is 7.75. The smallest absolute Gasteiger partial charge is 0.231 e. The van der Waals surface area contributed by atoms with Crippen LogP contribution in [0.25, 0.3) is 0 Å². The van der Waals surface area contributed by atoms with E-state index in [-0.39, 0.29) is 42.6 Å². The molecule has 1 aromatic carbocycles. The molecule has 8 heteroatoms. The van der Waals surface area contributed by atoms with Crippen LogP contribution < -0.4 is 38.2 Å². The second-order valence-electron chi connectivity index (χ2n) is 7.75. The third kappa shape index (κ3) is 3.84. The summed E-state index contributed by atoms with van der Waals surface area (Å²) in [5, 5.41) is 4.18. The average Bonchev–Trinajstić information content (AvgIpc) is 3.32. The first-order chi connectivity index (χ1) is 13.0. The maximum Gasteiger partial charge on any atom is 0.231 e. The Morgan fingerprint density at radius 2 is 2.21 bits per heavy atom. The summed E-state index contributed by atoms with van der Waals surface area (Å²) >= 11 is 0. The molecule has 0 saturated heterocycles. The summed E-state index contributed by atoms with van der Waals surface area (Å²) in [5.74, 6) is 2.35. The molecule has 0 radical (unpaired) electrons. The number of aromatic nitrogens is 2. The number of hydrogen-bond donors (Lipinski definition) is 0. The van der Waals surface area contributed by atoms with E-state index in [9.17, 15) is 4.79 Å². The molecular formula is C20H26IN3O4. The molecule has 1 aromatic heterocycles. The third-order valence-electron chi connectivity index (χ3n) is 5.68. The number of nitrogens with zero attached hydrogens (tertiary/aromatic N) is 3. The molecule has 0 N–H and O–H groups in total. The van der Waals surface area contributed by atoms with Crippen LogP contribution in [0.3, 0.4) is 0 Å². The topological polar surface area (TPSA) is 62.6 Å². The highest BCUT2D eigenvalue weighted by atomic mass is 127. The molecule has 2 aromatic rings. The van der Waals surface area contributed by atoms with Gasteiger partial charge in [0.25, 0.3) is 0 Å². The minimum absolute atomic E-state index is 0.